The van der Waals surface area contributed by atoms with Crippen molar-refractivity contribution in [3.63, 3.8) is 0 Å². The van der Waals surface area contributed by atoms with Gasteiger partial charge in [0.2, 0.25) is 0 Å². The van der Waals surface area contributed by atoms with Crippen LogP contribution in [0, 0.1) is 6.92 Å². The molecule has 0 spiro atoms. The third-order valence-electron chi connectivity index (χ3n) is 3.39. The Hall–Kier alpha value is -2.66. The second-order valence-corrected chi connectivity index (χ2v) is 5.79. The minimum Gasteiger partial charge on any atom is -0.255 e. The summed E-state index contributed by atoms with van der Waals surface area (Å²) in [4.78, 5) is 19.1. The molecule has 4 aromatic rings. The van der Waals surface area contributed by atoms with E-state index in [9.17, 15) is 0 Å². The number of hydrogen-bond acceptors (Lipinski definition) is 5. The van der Waals surface area contributed by atoms with Gasteiger partial charge in [-0.15, -0.1) is 11.3 Å². The highest BCUT2D eigenvalue weighted by Gasteiger charge is 2.13. The van der Waals surface area contributed by atoms with Gasteiger partial charge in [-0.2, -0.15) is 0 Å². The lowest BCUT2D eigenvalue weighted by Crippen LogP contribution is -1.90. The first-order chi connectivity index (χ1) is 10.8. The molecule has 4 aromatic heterocycles. The molecule has 0 N–H and O–H groups in total. The molecule has 0 amide bonds. The minimum atomic E-state index is 0.879. The fraction of sp³-hybridized carbons (Fsp3) is 0.0588. The van der Waals surface area contributed by atoms with Crippen LogP contribution in [-0.4, -0.2) is 19.9 Å². The summed E-state index contributed by atoms with van der Waals surface area (Å²) in [6.45, 7) is 1.98. The van der Waals surface area contributed by atoms with E-state index in [1.807, 2.05) is 54.9 Å². The van der Waals surface area contributed by atoms with Gasteiger partial charge in [0.05, 0.1) is 32.8 Å². The first kappa shape index (κ1) is 13.0. The van der Waals surface area contributed by atoms with Gasteiger partial charge in [-0.05, 0) is 43.3 Å². The summed E-state index contributed by atoms with van der Waals surface area (Å²) in [5.41, 5.74) is 7.26. The third-order valence-corrected chi connectivity index (χ3v) is 4.24. The number of nitrogens with zero attached hydrogens (tertiary/aromatic N) is 4. The first-order valence-corrected chi connectivity index (χ1v) is 7.79. The van der Waals surface area contributed by atoms with Gasteiger partial charge in [0.25, 0.3) is 0 Å². The zero-order valence-electron chi connectivity index (χ0n) is 11.9. The van der Waals surface area contributed by atoms with Gasteiger partial charge in [-0.3, -0.25) is 9.97 Å². The Bertz CT molecular complexity index is 961. The molecule has 0 bridgehead atoms. The van der Waals surface area contributed by atoms with Crippen molar-refractivity contribution in [2.75, 3.05) is 0 Å². The Morgan fingerprint density at radius 3 is 2.68 bits per heavy atom. The van der Waals surface area contributed by atoms with Gasteiger partial charge in [0, 0.05) is 11.9 Å². The molecular weight excluding hydrogens is 292 g/mol. The second kappa shape index (κ2) is 5.27. The van der Waals surface area contributed by atoms with Crippen LogP contribution in [0.2, 0.25) is 0 Å². The van der Waals surface area contributed by atoms with Crippen LogP contribution < -0.4 is 0 Å². The lowest BCUT2D eigenvalue weighted by molar-refractivity contribution is 1.19. The number of hydrogen-bond donors (Lipinski definition) is 0. The molecule has 4 heterocycles. The zero-order chi connectivity index (χ0) is 14.9. The number of fused-ring (bicyclic) bond motifs is 1. The minimum absolute atomic E-state index is 0.879. The molecule has 5 heteroatoms. The topological polar surface area (TPSA) is 51.6 Å². The summed E-state index contributed by atoms with van der Waals surface area (Å²) < 4.78 is 0. The number of pyridine rings is 3. The normalized spacial score (nSPS) is 11.0. The van der Waals surface area contributed by atoms with Crippen LogP contribution in [0.5, 0.6) is 0 Å². The first-order valence-electron chi connectivity index (χ1n) is 6.91. The molecule has 0 aliphatic carbocycles. The van der Waals surface area contributed by atoms with Crippen molar-refractivity contribution >= 4 is 22.4 Å². The second-order valence-electron chi connectivity index (χ2n) is 4.93. The Kier molecular flexibility index (Phi) is 3.12. The number of aryl methyl sites for hydroxylation is 1. The largest absolute Gasteiger partial charge is 0.255 e. The fourth-order valence-electron chi connectivity index (χ4n) is 2.37. The van der Waals surface area contributed by atoms with Crippen molar-refractivity contribution in [3.05, 3.63) is 59.9 Å². The van der Waals surface area contributed by atoms with Crippen LogP contribution in [0.15, 0.2) is 54.2 Å². The predicted octanol–water partition coefficient (Wildman–Crippen LogP) is 4.12. The van der Waals surface area contributed by atoms with E-state index in [1.54, 1.807) is 17.5 Å². The maximum absolute atomic E-state index is 4.71. The van der Waals surface area contributed by atoms with Crippen molar-refractivity contribution < 1.29 is 0 Å². The van der Waals surface area contributed by atoms with Gasteiger partial charge < -0.3 is 0 Å². The number of aromatic nitrogens is 4. The van der Waals surface area contributed by atoms with Crippen molar-refractivity contribution in [1.29, 1.82) is 0 Å². The van der Waals surface area contributed by atoms with E-state index >= 15 is 0 Å². The molecular formula is C17H12N4S. The SMILES string of the molecule is Cc1cccc(-c2ncsc2-c2ccc3ncccc3n2)n1. The van der Waals surface area contributed by atoms with Crippen LogP contribution in [-0.2, 0) is 0 Å². The highest BCUT2D eigenvalue weighted by atomic mass is 32.1. The molecule has 0 saturated heterocycles. The number of rotatable bonds is 2. The molecule has 22 heavy (non-hydrogen) atoms. The molecule has 106 valence electrons. The summed E-state index contributed by atoms with van der Waals surface area (Å²) in [6.07, 6.45) is 1.78. The smallest absolute Gasteiger partial charge is 0.109 e. The Morgan fingerprint density at radius 1 is 0.818 bits per heavy atom. The van der Waals surface area contributed by atoms with Crippen LogP contribution >= 0.6 is 11.3 Å². The summed E-state index contributed by atoms with van der Waals surface area (Å²) in [7, 11) is 0. The molecule has 0 atom stereocenters. The summed E-state index contributed by atoms with van der Waals surface area (Å²) >= 11 is 1.58. The van der Waals surface area contributed by atoms with E-state index in [2.05, 4.69) is 15.0 Å². The molecule has 0 saturated carbocycles. The average Bonchev–Trinajstić information content (AvgIpc) is 3.04. The quantitative estimate of drug-likeness (QED) is 0.559. The van der Waals surface area contributed by atoms with E-state index in [4.69, 9.17) is 4.98 Å². The average molecular weight is 304 g/mol. The molecule has 0 unspecified atom stereocenters. The van der Waals surface area contributed by atoms with Crippen molar-refractivity contribution in [2.24, 2.45) is 0 Å². The predicted molar refractivity (Wildman–Crippen MR) is 88.6 cm³/mol. The Labute approximate surface area is 131 Å². The Balaban J connectivity index is 1.87. The van der Waals surface area contributed by atoms with Gasteiger partial charge in [-0.25, -0.2) is 9.97 Å². The molecule has 4 rings (SSSR count). The highest BCUT2D eigenvalue weighted by Crippen LogP contribution is 2.33. The van der Waals surface area contributed by atoms with E-state index in [-0.39, 0.29) is 0 Å². The Morgan fingerprint density at radius 2 is 1.77 bits per heavy atom. The molecule has 0 radical (unpaired) electrons. The molecule has 4 nitrogen and oxygen atoms in total. The molecule has 0 fully saturated rings. The lowest BCUT2D eigenvalue weighted by Gasteiger charge is -2.04. The van der Waals surface area contributed by atoms with Crippen molar-refractivity contribution in [3.8, 4) is 22.0 Å². The van der Waals surface area contributed by atoms with E-state index < -0.39 is 0 Å². The molecule has 0 aliphatic heterocycles. The lowest BCUT2D eigenvalue weighted by atomic mass is 10.2. The fourth-order valence-corrected chi connectivity index (χ4v) is 3.14. The standard InChI is InChI=1S/C17H12N4S/c1-11-4-2-5-14(20-11)16-17(22-10-19-16)15-8-7-12-13(21-15)6-3-9-18-12/h2-10H,1H3. The summed E-state index contributed by atoms with van der Waals surface area (Å²) in [5, 5.41) is 0. The van der Waals surface area contributed by atoms with Crippen molar-refractivity contribution in [2.45, 2.75) is 6.92 Å². The van der Waals surface area contributed by atoms with Crippen LogP contribution in [0.1, 0.15) is 5.69 Å². The summed E-state index contributed by atoms with van der Waals surface area (Å²) in [5.74, 6) is 0. The monoisotopic (exact) mass is 304 g/mol. The maximum Gasteiger partial charge on any atom is 0.109 e. The number of thiazole rings is 1. The van der Waals surface area contributed by atoms with E-state index in [0.29, 0.717) is 0 Å². The van der Waals surface area contributed by atoms with Crippen LogP contribution in [0.4, 0.5) is 0 Å². The van der Waals surface area contributed by atoms with Gasteiger partial charge in [0.15, 0.2) is 0 Å². The van der Waals surface area contributed by atoms with Gasteiger partial charge in [-0.1, -0.05) is 6.07 Å². The van der Waals surface area contributed by atoms with Crippen LogP contribution in [0.3, 0.4) is 0 Å². The van der Waals surface area contributed by atoms with E-state index in [0.717, 1.165) is 38.7 Å². The molecule has 0 aromatic carbocycles. The zero-order valence-corrected chi connectivity index (χ0v) is 12.7. The van der Waals surface area contributed by atoms with Gasteiger partial charge in [0.1, 0.15) is 5.69 Å². The van der Waals surface area contributed by atoms with Crippen molar-refractivity contribution in [1.82, 2.24) is 19.9 Å². The molecule has 0 aliphatic rings. The summed E-state index contributed by atoms with van der Waals surface area (Å²) in [6, 6.07) is 13.8. The van der Waals surface area contributed by atoms with E-state index in [1.165, 1.54) is 0 Å². The third kappa shape index (κ3) is 2.25. The van der Waals surface area contributed by atoms with Gasteiger partial charge >= 0.3 is 0 Å². The highest BCUT2D eigenvalue weighted by molar-refractivity contribution is 7.13. The maximum atomic E-state index is 4.71. The van der Waals surface area contributed by atoms with Crippen LogP contribution in [0.25, 0.3) is 33.0 Å².